The Labute approximate surface area is 110 Å². The van der Waals surface area contributed by atoms with Crippen LogP contribution in [-0.2, 0) is 4.74 Å². The van der Waals surface area contributed by atoms with Gasteiger partial charge in [-0.3, -0.25) is 0 Å². The molecule has 1 heterocycles. The lowest BCUT2D eigenvalue weighted by Gasteiger charge is -2.10. The zero-order valence-electron chi connectivity index (χ0n) is 10.6. The summed E-state index contributed by atoms with van der Waals surface area (Å²) in [6.45, 7) is 0. The molecule has 0 fully saturated rings. The summed E-state index contributed by atoms with van der Waals surface area (Å²) < 4.78 is 9.70. The van der Waals surface area contributed by atoms with Crippen LogP contribution in [-0.4, -0.2) is 30.2 Å². The van der Waals surface area contributed by atoms with E-state index in [-0.39, 0.29) is 17.3 Å². The lowest BCUT2D eigenvalue weighted by atomic mass is 10.2. The summed E-state index contributed by atoms with van der Waals surface area (Å²) in [5.41, 5.74) is 6.54. The lowest BCUT2D eigenvalue weighted by Crippen LogP contribution is -2.11. The molecule has 2 aromatic rings. The van der Waals surface area contributed by atoms with Crippen LogP contribution in [0.1, 0.15) is 10.5 Å². The summed E-state index contributed by atoms with van der Waals surface area (Å²) in [4.78, 5) is 20.0. The summed E-state index contributed by atoms with van der Waals surface area (Å²) in [7, 11) is 2.66. The molecular formula is C13H13N3O3. The Hall–Kier alpha value is -2.63. The third kappa shape index (κ3) is 2.47. The number of rotatable bonds is 3. The molecule has 0 unspecified atom stereocenters. The van der Waals surface area contributed by atoms with E-state index in [1.54, 1.807) is 0 Å². The second kappa shape index (κ2) is 5.34. The Morgan fingerprint density at radius 3 is 2.42 bits per heavy atom. The first kappa shape index (κ1) is 12.8. The van der Waals surface area contributed by atoms with Gasteiger partial charge >= 0.3 is 5.97 Å². The zero-order valence-corrected chi connectivity index (χ0v) is 10.6. The van der Waals surface area contributed by atoms with Gasteiger partial charge < -0.3 is 15.2 Å². The van der Waals surface area contributed by atoms with E-state index < -0.39 is 5.97 Å². The Bertz CT molecular complexity index is 600. The molecule has 2 N–H and O–H groups in total. The topological polar surface area (TPSA) is 87.3 Å². The van der Waals surface area contributed by atoms with Gasteiger partial charge in [0.2, 0.25) is 0 Å². The number of aromatic nitrogens is 2. The number of nitrogens with two attached hydrogens (primary N) is 1. The maximum absolute atomic E-state index is 11.7. The highest BCUT2D eigenvalue weighted by Gasteiger charge is 2.20. The molecule has 2 rings (SSSR count). The highest BCUT2D eigenvalue weighted by Crippen LogP contribution is 2.27. The maximum atomic E-state index is 11.7. The summed E-state index contributed by atoms with van der Waals surface area (Å²) in [6, 6.07) is 9.20. The maximum Gasteiger partial charge on any atom is 0.360 e. The molecule has 0 amide bonds. The highest BCUT2D eigenvalue weighted by atomic mass is 16.5. The summed E-state index contributed by atoms with van der Waals surface area (Å²) in [5, 5.41) is 0. The number of nitrogen functional groups attached to an aromatic ring is 1. The van der Waals surface area contributed by atoms with E-state index in [0.29, 0.717) is 5.82 Å². The van der Waals surface area contributed by atoms with Gasteiger partial charge in [-0.25, -0.2) is 14.8 Å². The number of methoxy groups -OCH3 is 2. The van der Waals surface area contributed by atoms with Crippen LogP contribution in [0.3, 0.4) is 0 Å². The molecule has 19 heavy (non-hydrogen) atoms. The number of hydrogen-bond donors (Lipinski definition) is 1. The summed E-state index contributed by atoms with van der Waals surface area (Å²) in [6.07, 6.45) is 0. The van der Waals surface area contributed by atoms with Crippen molar-refractivity contribution in [2.75, 3.05) is 20.0 Å². The average Bonchev–Trinajstić information content (AvgIpc) is 2.46. The fourth-order valence-electron chi connectivity index (χ4n) is 1.62. The van der Waals surface area contributed by atoms with E-state index in [9.17, 15) is 4.79 Å². The first-order valence-corrected chi connectivity index (χ1v) is 5.52. The van der Waals surface area contributed by atoms with Crippen molar-refractivity contribution in [2.45, 2.75) is 0 Å². The first-order chi connectivity index (χ1) is 9.17. The van der Waals surface area contributed by atoms with Gasteiger partial charge in [-0.15, -0.1) is 0 Å². The molecule has 0 aliphatic rings. The van der Waals surface area contributed by atoms with Crippen molar-refractivity contribution in [3.8, 4) is 17.1 Å². The van der Waals surface area contributed by atoms with Gasteiger partial charge in [0.1, 0.15) is 0 Å². The van der Waals surface area contributed by atoms with Gasteiger partial charge in [0.15, 0.2) is 23.1 Å². The zero-order chi connectivity index (χ0) is 13.8. The molecule has 0 saturated heterocycles. The molecule has 0 aliphatic carbocycles. The molecular weight excluding hydrogens is 246 g/mol. The minimum absolute atomic E-state index is 0.0105. The smallest absolute Gasteiger partial charge is 0.360 e. The van der Waals surface area contributed by atoms with Crippen molar-refractivity contribution in [2.24, 2.45) is 0 Å². The molecule has 0 saturated carbocycles. The normalized spacial score (nSPS) is 10.0. The van der Waals surface area contributed by atoms with Gasteiger partial charge in [-0.2, -0.15) is 0 Å². The fraction of sp³-hybridized carbons (Fsp3) is 0.154. The second-order valence-electron chi connectivity index (χ2n) is 3.67. The van der Waals surface area contributed by atoms with Crippen LogP contribution in [0.15, 0.2) is 30.3 Å². The Morgan fingerprint density at radius 1 is 1.16 bits per heavy atom. The molecule has 6 heteroatoms. The Balaban J connectivity index is 2.60. The SMILES string of the molecule is COC(=O)c1nc(-c2ccccc2)nc(N)c1OC. The first-order valence-electron chi connectivity index (χ1n) is 5.52. The molecule has 1 aromatic carbocycles. The molecule has 0 atom stereocenters. The number of carbonyl (C=O) groups excluding carboxylic acids is 1. The number of anilines is 1. The van der Waals surface area contributed by atoms with E-state index >= 15 is 0 Å². The van der Waals surface area contributed by atoms with Gasteiger partial charge in [0.25, 0.3) is 0 Å². The number of ether oxygens (including phenoxy) is 2. The summed E-state index contributed by atoms with van der Waals surface area (Å²) in [5.74, 6) is -0.0642. The number of hydrogen-bond acceptors (Lipinski definition) is 6. The van der Waals surface area contributed by atoms with E-state index in [0.717, 1.165) is 5.56 Å². The van der Waals surface area contributed by atoms with Crippen molar-refractivity contribution in [3.05, 3.63) is 36.0 Å². The van der Waals surface area contributed by atoms with E-state index in [1.165, 1.54) is 14.2 Å². The van der Waals surface area contributed by atoms with Crippen molar-refractivity contribution >= 4 is 11.8 Å². The largest absolute Gasteiger partial charge is 0.491 e. The van der Waals surface area contributed by atoms with Crippen molar-refractivity contribution in [3.63, 3.8) is 0 Å². The minimum atomic E-state index is -0.622. The van der Waals surface area contributed by atoms with E-state index in [4.69, 9.17) is 10.5 Å². The van der Waals surface area contributed by atoms with Crippen molar-refractivity contribution in [1.82, 2.24) is 9.97 Å². The number of nitrogens with zero attached hydrogens (tertiary/aromatic N) is 2. The highest BCUT2D eigenvalue weighted by molar-refractivity contribution is 5.92. The summed E-state index contributed by atoms with van der Waals surface area (Å²) >= 11 is 0. The molecule has 98 valence electrons. The van der Waals surface area contributed by atoms with Crippen LogP contribution in [0.25, 0.3) is 11.4 Å². The average molecular weight is 259 g/mol. The lowest BCUT2D eigenvalue weighted by molar-refractivity contribution is 0.0590. The van der Waals surface area contributed by atoms with Crippen LogP contribution >= 0.6 is 0 Å². The quantitative estimate of drug-likeness (QED) is 0.841. The van der Waals surface area contributed by atoms with E-state index in [1.807, 2.05) is 30.3 Å². The number of esters is 1. The molecule has 6 nitrogen and oxygen atoms in total. The van der Waals surface area contributed by atoms with Gasteiger partial charge in [-0.1, -0.05) is 30.3 Å². The second-order valence-corrected chi connectivity index (χ2v) is 3.67. The molecule has 0 aliphatic heterocycles. The van der Waals surface area contributed by atoms with Gasteiger partial charge in [0.05, 0.1) is 14.2 Å². The standard InChI is InChI=1S/C13H13N3O3/c1-18-10-9(13(17)19-2)15-12(16-11(10)14)8-6-4-3-5-7-8/h3-7H,1-2H3,(H2,14,15,16). The van der Waals surface area contributed by atoms with Crippen LogP contribution in [0.4, 0.5) is 5.82 Å². The van der Waals surface area contributed by atoms with Crippen LogP contribution in [0, 0.1) is 0 Å². The van der Waals surface area contributed by atoms with Crippen LogP contribution in [0.2, 0.25) is 0 Å². The molecule has 0 radical (unpaired) electrons. The fourth-order valence-corrected chi connectivity index (χ4v) is 1.62. The molecule has 1 aromatic heterocycles. The van der Waals surface area contributed by atoms with Crippen LogP contribution in [0.5, 0.6) is 5.75 Å². The van der Waals surface area contributed by atoms with Gasteiger partial charge in [0, 0.05) is 5.56 Å². The number of carbonyl (C=O) groups is 1. The monoisotopic (exact) mass is 259 g/mol. The third-order valence-corrected chi connectivity index (χ3v) is 2.51. The molecule has 0 spiro atoms. The Kier molecular flexibility index (Phi) is 3.61. The predicted molar refractivity (Wildman–Crippen MR) is 69.8 cm³/mol. The predicted octanol–water partition coefficient (Wildman–Crippen LogP) is 1.52. The Morgan fingerprint density at radius 2 is 1.84 bits per heavy atom. The third-order valence-electron chi connectivity index (χ3n) is 2.51. The van der Waals surface area contributed by atoms with Crippen LogP contribution < -0.4 is 10.5 Å². The molecule has 0 bridgehead atoms. The van der Waals surface area contributed by atoms with E-state index in [2.05, 4.69) is 14.7 Å². The number of benzene rings is 1. The van der Waals surface area contributed by atoms with Gasteiger partial charge in [-0.05, 0) is 0 Å². The van der Waals surface area contributed by atoms with Crippen molar-refractivity contribution in [1.29, 1.82) is 0 Å². The van der Waals surface area contributed by atoms with Crippen molar-refractivity contribution < 1.29 is 14.3 Å². The minimum Gasteiger partial charge on any atom is -0.491 e.